The summed E-state index contributed by atoms with van der Waals surface area (Å²) in [5.41, 5.74) is 0.0664. The number of anilines is 1. The van der Waals surface area contributed by atoms with E-state index >= 15 is 0 Å². The summed E-state index contributed by atoms with van der Waals surface area (Å²) in [5, 5.41) is 0.410. The first-order valence-electron chi connectivity index (χ1n) is 9.69. The molecule has 1 aliphatic heterocycles. The van der Waals surface area contributed by atoms with E-state index in [0.29, 0.717) is 18.1 Å². The molecule has 0 bridgehead atoms. The van der Waals surface area contributed by atoms with Gasteiger partial charge >= 0.3 is 0 Å². The van der Waals surface area contributed by atoms with Gasteiger partial charge in [-0.15, -0.1) is 0 Å². The highest BCUT2D eigenvalue weighted by atomic mass is 35.5. The molecular weight excluding hydrogens is 448 g/mol. The Balaban J connectivity index is 2.00. The van der Waals surface area contributed by atoms with Crippen molar-refractivity contribution in [1.82, 2.24) is 4.31 Å². The van der Waals surface area contributed by atoms with Crippen molar-refractivity contribution in [1.29, 1.82) is 0 Å². The molecule has 164 valence electrons. The van der Waals surface area contributed by atoms with Gasteiger partial charge in [0.1, 0.15) is 5.75 Å². The highest BCUT2D eigenvalue weighted by molar-refractivity contribution is 7.92. The zero-order valence-electron chi connectivity index (χ0n) is 16.8. The number of nitrogens with zero attached hydrogens (tertiary/aromatic N) is 1. The van der Waals surface area contributed by atoms with Crippen LogP contribution in [0.5, 0.6) is 5.75 Å². The molecular formula is C20H25ClN2O5S2. The number of rotatable bonds is 7. The molecule has 1 aliphatic rings. The lowest BCUT2D eigenvalue weighted by Crippen LogP contribution is -2.35. The molecule has 2 aromatic carbocycles. The van der Waals surface area contributed by atoms with Crippen molar-refractivity contribution in [3.05, 3.63) is 47.5 Å². The van der Waals surface area contributed by atoms with Gasteiger partial charge in [0, 0.05) is 18.1 Å². The predicted molar refractivity (Wildman–Crippen MR) is 117 cm³/mol. The minimum absolute atomic E-state index is 0.00619. The first kappa shape index (κ1) is 22.9. The lowest BCUT2D eigenvalue weighted by molar-refractivity contribution is 0.243. The Morgan fingerprint density at radius 2 is 1.53 bits per heavy atom. The van der Waals surface area contributed by atoms with Crippen LogP contribution >= 0.6 is 11.6 Å². The summed E-state index contributed by atoms with van der Waals surface area (Å²) < 4.78 is 61.4. The van der Waals surface area contributed by atoms with Crippen molar-refractivity contribution in [2.75, 3.05) is 17.8 Å². The zero-order chi connectivity index (χ0) is 21.9. The summed E-state index contributed by atoms with van der Waals surface area (Å²) in [6.07, 6.45) is 2.39. The Hall–Kier alpha value is -1.81. The SMILES string of the molecule is CC(C)Oc1ccc(S(=O)(=O)N2CCCCC2)cc1NS(=O)(=O)c1ccc(Cl)cc1. The molecule has 1 fully saturated rings. The molecule has 0 saturated carbocycles. The molecule has 0 spiro atoms. The zero-order valence-corrected chi connectivity index (χ0v) is 19.2. The van der Waals surface area contributed by atoms with E-state index in [1.807, 2.05) is 0 Å². The van der Waals surface area contributed by atoms with E-state index in [1.165, 1.54) is 46.8 Å². The van der Waals surface area contributed by atoms with Gasteiger partial charge in [-0.05, 0) is 69.2 Å². The molecule has 3 rings (SSSR count). The van der Waals surface area contributed by atoms with Gasteiger partial charge in [-0.1, -0.05) is 18.0 Å². The highest BCUT2D eigenvalue weighted by Gasteiger charge is 2.27. The number of nitrogens with one attached hydrogen (secondary N) is 1. The predicted octanol–water partition coefficient (Wildman–Crippen LogP) is 4.10. The molecule has 2 aromatic rings. The Morgan fingerprint density at radius 3 is 2.13 bits per heavy atom. The van der Waals surface area contributed by atoms with Gasteiger partial charge in [-0.2, -0.15) is 4.31 Å². The van der Waals surface area contributed by atoms with Crippen LogP contribution in [0.15, 0.2) is 52.3 Å². The minimum atomic E-state index is -3.97. The van der Waals surface area contributed by atoms with Crippen LogP contribution in [0.4, 0.5) is 5.69 Å². The number of benzene rings is 2. The van der Waals surface area contributed by atoms with E-state index in [4.69, 9.17) is 16.3 Å². The smallest absolute Gasteiger partial charge is 0.262 e. The standard InChI is InChI=1S/C20H25ClN2O5S2/c1-15(2)28-20-11-10-18(30(26,27)23-12-4-3-5-13-23)14-19(20)22-29(24,25)17-8-6-16(21)7-9-17/h6-11,14-15,22H,3-5,12-13H2,1-2H3. The summed E-state index contributed by atoms with van der Waals surface area (Å²) >= 11 is 5.84. The van der Waals surface area contributed by atoms with E-state index in [0.717, 1.165) is 19.3 Å². The minimum Gasteiger partial charge on any atom is -0.489 e. The lowest BCUT2D eigenvalue weighted by Gasteiger charge is -2.26. The van der Waals surface area contributed by atoms with Crippen LogP contribution in [0.3, 0.4) is 0 Å². The summed E-state index contributed by atoms with van der Waals surface area (Å²) in [4.78, 5) is 0.0287. The Kier molecular flexibility index (Phi) is 6.96. The van der Waals surface area contributed by atoms with Gasteiger partial charge in [0.15, 0.2) is 0 Å². The van der Waals surface area contributed by atoms with Crippen molar-refractivity contribution < 1.29 is 21.6 Å². The molecule has 1 saturated heterocycles. The lowest BCUT2D eigenvalue weighted by atomic mass is 10.2. The quantitative estimate of drug-likeness (QED) is 0.654. The largest absolute Gasteiger partial charge is 0.489 e. The maximum absolute atomic E-state index is 13.0. The van der Waals surface area contributed by atoms with Gasteiger partial charge in [0.25, 0.3) is 10.0 Å². The number of piperidine rings is 1. The first-order valence-corrected chi connectivity index (χ1v) is 13.0. The van der Waals surface area contributed by atoms with Gasteiger partial charge in [-0.3, -0.25) is 4.72 Å². The second kappa shape index (κ2) is 9.13. The Morgan fingerprint density at radius 1 is 0.933 bits per heavy atom. The summed E-state index contributed by atoms with van der Waals surface area (Å²) in [6.45, 7) is 4.52. The van der Waals surface area contributed by atoms with E-state index in [2.05, 4.69) is 4.72 Å². The molecule has 30 heavy (non-hydrogen) atoms. The molecule has 10 heteroatoms. The van der Waals surface area contributed by atoms with Crippen molar-refractivity contribution in [2.24, 2.45) is 0 Å². The van der Waals surface area contributed by atoms with Gasteiger partial charge in [0.05, 0.1) is 21.6 Å². The Bertz CT molecular complexity index is 1090. The summed E-state index contributed by atoms with van der Waals surface area (Å²) in [6, 6.07) is 9.94. The molecule has 0 amide bonds. The van der Waals surface area contributed by atoms with Crippen LogP contribution < -0.4 is 9.46 Å². The van der Waals surface area contributed by atoms with Crippen molar-refractivity contribution >= 4 is 37.3 Å². The maximum atomic E-state index is 13.0. The molecule has 0 radical (unpaired) electrons. The van der Waals surface area contributed by atoms with Crippen LogP contribution in [0.2, 0.25) is 5.02 Å². The molecule has 0 unspecified atom stereocenters. The molecule has 1 N–H and O–H groups in total. The monoisotopic (exact) mass is 472 g/mol. The van der Waals surface area contributed by atoms with Crippen LogP contribution in [0, 0.1) is 0 Å². The average molecular weight is 473 g/mol. The number of hydrogen-bond acceptors (Lipinski definition) is 5. The third-order valence-corrected chi connectivity index (χ3v) is 8.16. The number of halogens is 1. The number of sulfonamides is 2. The van der Waals surface area contributed by atoms with Crippen molar-refractivity contribution in [3.8, 4) is 5.75 Å². The van der Waals surface area contributed by atoms with E-state index in [1.54, 1.807) is 13.8 Å². The third kappa shape index (κ3) is 5.26. The van der Waals surface area contributed by atoms with E-state index in [9.17, 15) is 16.8 Å². The fraction of sp³-hybridized carbons (Fsp3) is 0.400. The van der Waals surface area contributed by atoms with Crippen molar-refractivity contribution in [3.63, 3.8) is 0 Å². The maximum Gasteiger partial charge on any atom is 0.262 e. The third-order valence-electron chi connectivity index (χ3n) is 4.63. The van der Waals surface area contributed by atoms with Crippen LogP contribution in [0.25, 0.3) is 0 Å². The first-order chi connectivity index (χ1) is 14.1. The van der Waals surface area contributed by atoms with Crippen molar-refractivity contribution in [2.45, 2.75) is 49.0 Å². The normalized spacial score (nSPS) is 15.9. The summed E-state index contributed by atoms with van der Waals surface area (Å²) in [5.74, 6) is 0.250. The van der Waals surface area contributed by atoms with Crippen LogP contribution in [-0.2, 0) is 20.0 Å². The molecule has 7 nitrogen and oxygen atoms in total. The second-order valence-corrected chi connectivity index (χ2v) is 11.4. The fourth-order valence-electron chi connectivity index (χ4n) is 3.18. The van der Waals surface area contributed by atoms with Gasteiger partial charge < -0.3 is 4.74 Å². The summed E-state index contributed by atoms with van der Waals surface area (Å²) in [7, 11) is -7.70. The molecule has 0 aliphatic carbocycles. The Labute approximate surface area is 183 Å². The van der Waals surface area contributed by atoms with Crippen LogP contribution in [0.1, 0.15) is 33.1 Å². The van der Waals surface area contributed by atoms with E-state index < -0.39 is 20.0 Å². The number of hydrogen-bond donors (Lipinski definition) is 1. The van der Waals surface area contributed by atoms with Crippen LogP contribution in [-0.4, -0.2) is 40.3 Å². The second-order valence-electron chi connectivity index (χ2n) is 7.35. The topological polar surface area (TPSA) is 92.8 Å². The fourth-order valence-corrected chi connectivity index (χ4v) is 5.91. The van der Waals surface area contributed by atoms with Gasteiger partial charge in [-0.25, -0.2) is 16.8 Å². The molecule has 0 aromatic heterocycles. The molecule has 1 heterocycles. The average Bonchev–Trinajstić information content (AvgIpc) is 2.69. The van der Waals surface area contributed by atoms with Gasteiger partial charge in [0.2, 0.25) is 10.0 Å². The molecule has 0 atom stereocenters. The number of ether oxygens (including phenoxy) is 1. The van der Waals surface area contributed by atoms with E-state index in [-0.39, 0.29) is 27.3 Å². The highest BCUT2D eigenvalue weighted by Crippen LogP contribution is 2.32.